The maximum atomic E-state index is 14.1. The molecule has 1 aromatic heterocycles. The van der Waals surface area contributed by atoms with E-state index in [1.54, 1.807) is 35.2 Å². The summed E-state index contributed by atoms with van der Waals surface area (Å²) in [5, 5.41) is -0.304. The fourth-order valence-corrected chi connectivity index (χ4v) is 4.58. The van der Waals surface area contributed by atoms with Gasteiger partial charge in [0.2, 0.25) is 15.0 Å². The quantitative estimate of drug-likeness (QED) is 0.478. The lowest BCUT2D eigenvalue weighted by Gasteiger charge is -2.30. The highest BCUT2D eigenvalue weighted by molar-refractivity contribution is 7.90. The third-order valence-electron chi connectivity index (χ3n) is 5.07. The summed E-state index contributed by atoms with van der Waals surface area (Å²) in [6.45, 7) is 3.94. The third-order valence-corrected chi connectivity index (χ3v) is 6.54. The molecule has 0 bridgehead atoms. The van der Waals surface area contributed by atoms with Crippen LogP contribution in [-0.4, -0.2) is 37.8 Å². The lowest BCUT2D eigenvalue weighted by molar-refractivity contribution is 0.127. The van der Waals surface area contributed by atoms with Crippen LogP contribution in [0, 0.1) is 11.6 Å². The van der Waals surface area contributed by atoms with Gasteiger partial charge >= 0.3 is 0 Å². The number of hydrogen-bond donors (Lipinski definition) is 0. The number of benzene rings is 2. The second-order valence-electron chi connectivity index (χ2n) is 8.00. The molecule has 34 heavy (non-hydrogen) atoms. The van der Waals surface area contributed by atoms with Gasteiger partial charge in [-0.3, -0.25) is 0 Å². The number of nitrogens with zero attached hydrogens (tertiary/aromatic N) is 3. The summed E-state index contributed by atoms with van der Waals surface area (Å²) in [6.07, 6.45) is 2.95. The molecule has 0 saturated carbocycles. The molecule has 7 nitrogen and oxygen atoms in total. The first-order valence-corrected chi connectivity index (χ1v) is 12.2. The highest BCUT2D eigenvalue weighted by Crippen LogP contribution is 2.28. The van der Waals surface area contributed by atoms with Crippen LogP contribution in [0.1, 0.15) is 25.0 Å². The zero-order valence-corrected chi connectivity index (χ0v) is 19.4. The largest absolute Gasteiger partial charge is 0.456 e. The lowest BCUT2D eigenvalue weighted by atomic mass is 10.2. The van der Waals surface area contributed by atoms with Gasteiger partial charge in [-0.1, -0.05) is 30.3 Å². The van der Waals surface area contributed by atoms with Crippen molar-refractivity contribution in [3.63, 3.8) is 0 Å². The number of halogens is 2. The first-order valence-electron chi connectivity index (χ1n) is 10.5. The van der Waals surface area contributed by atoms with E-state index in [1.165, 1.54) is 12.3 Å². The molecule has 2 aromatic carbocycles. The van der Waals surface area contributed by atoms with Crippen molar-refractivity contribution in [1.82, 2.24) is 9.97 Å². The Morgan fingerprint density at radius 1 is 1.15 bits per heavy atom. The van der Waals surface area contributed by atoms with Gasteiger partial charge in [0, 0.05) is 23.9 Å². The summed E-state index contributed by atoms with van der Waals surface area (Å²) in [6, 6.07) is 11.7. The normalized spacial score (nSPS) is 14.3. The first kappa shape index (κ1) is 23.8. The summed E-state index contributed by atoms with van der Waals surface area (Å²) in [7, 11) is -3.82. The van der Waals surface area contributed by atoms with E-state index >= 15 is 0 Å². The highest BCUT2D eigenvalue weighted by Gasteiger charge is 2.25. The minimum atomic E-state index is -3.82. The van der Waals surface area contributed by atoms with E-state index in [4.69, 9.17) is 9.47 Å². The number of ether oxygens (including phenoxy) is 2. The van der Waals surface area contributed by atoms with Crippen LogP contribution in [-0.2, 0) is 20.3 Å². The number of sulfone groups is 1. The molecule has 178 valence electrons. The van der Waals surface area contributed by atoms with Crippen LogP contribution in [0.5, 0.6) is 5.75 Å². The third kappa shape index (κ3) is 5.40. The van der Waals surface area contributed by atoms with Crippen molar-refractivity contribution in [1.29, 1.82) is 0 Å². The summed E-state index contributed by atoms with van der Waals surface area (Å²) in [4.78, 5) is 10.3. The van der Waals surface area contributed by atoms with E-state index in [0.29, 0.717) is 16.9 Å². The predicted octanol–water partition coefficient (Wildman–Crippen LogP) is 4.35. The second-order valence-corrected chi connectivity index (χ2v) is 9.89. The zero-order valence-electron chi connectivity index (χ0n) is 18.6. The van der Waals surface area contributed by atoms with Gasteiger partial charge in [0.15, 0.2) is 11.6 Å². The Labute approximate surface area is 196 Å². The van der Waals surface area contributed by atoms with Crippen molar-refractivity contribution in [2.45, 2.75) is 30.8 Å². The molecule has 1 aliphatic heterocycles. The Morgan fingerprint density at radius 2 is 1.91 bits per heavy atom. The van der Waals surface area contributed by atoms with E-state index in [-0.39, 0.29) is 41.8 Å². The molecule has 0 radical (unpaired) electrons. The van der Waals surface area contributed by atoms with Gasteiger partial charge in [-0.2, -0.15) is 0 Å². The number of fused-ring (bicyclic) bond motifs is 1. The van der Waals surface area contributed by atoms with Gasteiger partial charge in [0.1, 0.15) is 30.7 Å². The molecule has 0 N–H and O–H groups in total. The predicted molar refractivity (Wildman–Crippen MR) is 123 cm³/mol. The van der Waals surface area contributed by atoms with Gasteiger partial charge in [-0.05, 0) is 37.6 Å². The van der Waals surface area contributed by atoms with E-state index in [9.17, 15) is 17.2 Å². The molecule has 0 amide bonds. The van der Waals surface area contributed by atoms with Gasteiger partial charge < -0.3 is 14.4 Å². The van der Waals surface area contributed by atoms with Crippen molar-refractivity contribution in [2.24, 2.45) is 0 Å². The minimum Gasteiger partial charge on any atom is -0.456 e. The van der Waals surface area contributed by atoms with Gasteiger partial charge in [0.25, 0.3) is 0 Å². The molecule has 0 saturated heterocycles. The molecule has 10 heteroatoms. The van der Waals surface area contributed by atoms with Crippen molar-refractivity contribution >= 4 is 21.7 Å². The fraction of sp³-hybridized carbons (Fsp3) is 0.250. The molecule has 1 aliphatic rings. The standard InChI is InChI=1S/C24H23F2N3O4S/c1-16(2)29-15-32-13-20(33-22-9-8-19(25)11-21(22)26)10-18-12-27-24(28-23(18)29)34(30,31)14-17-6-4-3-5-7-17/h3-12,16H,13-15H2,1-2H3. The Hall–Kier alpha value is -3.37. The van der Waals surface area contributed by atoms with Gasteiger partial charge in [0.05, 0.1) is 5.75 Å². The Bertz CT molecular complexity index is 1320. The molecule has 0 unspecified atom stereocenters. The maximum Gasteiger partial charge on any atom is 0.249 e. The van der Waals surface area contributed by atoms with E-state index in [0.717, 1.165) is 12.1 Å². The molecule has 0 atom stereocenters. The highest BCUT2D eigenvalue weighted by atomic mass is 32.2. The van der Waals surface area contributed by atoms with Crippen LogP contribution < -0.4 is 9.64 Å². The van der Waals surface area contributed by atoms with E-state index in [1.807, 2.05) is 19.9 Å². The van der Waals surface area contributed by atoms with Gasteiger partial charge in [-0.25, -0.2) is 27.2 Å². The van der Waals surface area contributed by atoms with Crippen molar-refractivity contribution < 1.29 is 26.7 Å². The molecule has 0 fully saturated rings. The number of aromatic nitrogens is 2. The monoisotopic (exact) mass is 487 g/mol. The van der Waals surface area contributed by atoms with Crippen LogP contribution in [0.15, 0.2) is 65.6 Å². The van der Waals surface area contributed by atoms with Crippen LogP contribution in [0.25, 0.3) is 6.08 Å². The molecule has 0 spiro atoms. The molecular formula is C24H23F2N3O4S. The van der Waals surface area contributed by atoms with E-state index < -0.39 is 21.5 Å². The molecule has 3 aromatic rings. The first-order chi connectivity index (χ1) is 16.2. The average Bonchev–Trinajstić information content (AvgIpc) is 2.77. The Morgan fingerprint density at radius 3 is 2.62 bits per heavy atom. The van der Waals surface area contributed by atoms with Crippen molar-refractivity contribution in [2.75, 3.05) is 18.2 Å². The van der Waals surface area contributed by atoms with Crippen molar-refractivity contribution in [3.05, 3.63) is 83.2 Å². The summed E-state index contributed by atoms with van der Waals surface area (Å²) >= 11 is 0. The number of hydrogen-bond acceptors (Lipinski definition) is 7. The van der Waals surface area contributed by atoms with Crippen LogP contribution in [0.2, 0.25) is 0 Å². The molecule has 2 heterocycles. The lowest BCUT2D eigenvalue weighted by Crippen LogP contribution is -2.36. The molecular weight excluding hydrogens is 464 g/mol. The smallest absolute Gasteiger partial charge is 0.249 e. The van der Waals surface area contributed by atoms with Crippen LogP contribution in [0.3, 0.4) is 0 Å². The SMILES string of the molecule is CC(C)N1COCC(Oc2ccc(F)cc2F)=Cc2cnc(S(=O)(=O)Cc3ccccc3)nc21. The molecule has 4 rings (SSSR count). The van der Waals surface area contributed by atoms with Crippen LogP contribution in [0.4, 0.5) is 14.6 Å². The summed E-state index contributed by atoms with van der Waals surface area (Å²) in [5.74, 6) is -1.40. The van der Waals surface area contributed by atoms with Gasteiger partial charge in [-0.15, -0.1) is 0 Å². The summed E-state index contributed by atoms with van der Waals surface area (Å²) in [5.41, 5.74) is 1.10. The van der Waals surface area contributed by atoms with E-state index in [2.05, 4.69) is 9.97 Å². The summed E-state index contributed by atoms with van der Waals surface area (Å²) < 4.78 is 64.6. The van der Waals surface area contributed by atoms with Crippen molar-refractivity contribution in [3.8, 4) is 5.75 Å². The fourth-order valence-electron chi connectivity index (χ4n) is 3.38. The average molecular weight is 488 g/mol. The Balaban J connectivity index is 1.72. The maximum absolute atomic E-state index is 14.1. The topological polar surface area (TPSA) is 81.6 Å². The van der Waals surface area contributed by atoms with Crippen LogP contribution >= 0.6 is 0 Å². The molecule has 0 aliphatic carbocycles. The zero-order chi connectivity index (χ0) is 24.3. The Kier molecular flexibility index (Phi) is 6.90. The minimum absolute atomic E-state index is 0.00747. The number of rotatable bonds is 6. The number of anilines is 1. The second kappa shape index (κ2) is 9.86.